The molecule has 3 heterocycles. The highest BCUT2D eigenvalue weighted by molar-refractivity contribution is 5.90. The minimum absolute atomic E-state index is 0.204. The number of anilines is 2. The molecule has 132 valence electrons. The van der Waals surface area contributed by atoms with Gasteiger partial charge in [0.2, 0.25) is 5.91 Å². The SMILES string of the molecule is O=C(Cn1nnc2ccccc2c1=O)Nc1ccc(N2CCCC2)nc1. The first-order chi connectivity index (χ1) is 12.7. The third kappa shape index (κ3) is 3.26. The van der Waals surface area contributed by atoms with Crippen molar-refractivity contribution in [3.8, 4) is 0 Å². The van der Waals surface area contributed by atoms with Crippen molar-refractivity contribution >= 4 is 28.3 Å². The molecule has 0 spiro atoms. The van der Waals surface area contributed by atoms with Crippen molar-refractivity contribution in [2.45, 2.75) is 19.4 Å². The molecule has 3 aromatic rings. The molecule has 1 fully saturated rings. The van der Waals surface area contributed by atoms with Crippen LogP contribution in [-0.4, -0.2) is 39.0 Å². The van der Waals surface area contributed by atoms with Gasteiger partial charge in [-0.1, -0.05) is 17.3 Å². The number of hydrogen-bond acceptors (Lipinski definition) is 6. The van der Waals surface area contributed by atoms with Gasteiger partial charge >= 0.3 is 0 Å². The number of carbonyl (C=O) groups excluding carboxylic acids is 1. The predicted molar refractivity (Wildman–Crippen MR) is 98.1 cm³/mol. The summed E-state index contributed by atoms with van der Waals surface area (Å²) < 4.78 is 1.06. The van der Waals surface area contributed by atoms with Crippen LogP contribution in [0, 0.1) is 0 Å². The molecule has 1 N–H and O–H groups in total. The van der Waals surface area contributed by atoms with Crippen LogP contribution in [-0.2, 0) is 11.3 Å². The maximum absolute atomic E-state index is 12.4. The lowest BCUT2D eigenvalue weighted by molar-refractivity contribution is -0.117. The van der Waals surface area contributed by atoms with Gasteiger partial charge in [0.25, 0.3) is 5.56 Å². The number of benzene rings is 1. The van der Waals surface area contributed by atoms with E-state index in [1.54, 1.807) is 30.5 Å². The molecule has 2 aromatic heterocycles. The van der Waals surface area contributed by atoms with Gasteiger partial charge in [-0.15, -0.1) is 5.10 Å². The summed E-state index contributed by atoms with van der Waals surface area (Å²) in [6, 6.07) is 10.6. The van der Waals surface area contributed by atoms with Crippen LogP contribution in [0.1, 0.15) is 12.8 Å². The van der Waals surface area contributed by atoms with E-state index in [0.29, 0.717) is 16.6 Å². The van der Waals surface area contributed by atoms with Gasteiger partial charge in [0.15, 0.2) is 0 Å². The number of amides is 1. The lowest BCUT2D eigenvalue weighted by Gasteiger charge is -2.16. The standard InChI is InChI=1S/C18H18N6O2/c25-17(12-24-18(26)14-5-1-2-6-15(14)21-22-24)20-13-7-8-16(19-11-13)23-9-3-4-10-23/h1-2,5-8,11H,3-4,9-10,12H2,(H,20,25). The molecule has 4 rings (SSSR count). The fourth-order valence-corrected chi connectivity index (χ4v) is 3.06. The summed E-state index contributed by atoms with van der Waals surface area (Å²) in [6.07, 6.45) is 3.99. The molecule has 1 amide bonds. The molecule has 8 nitrogen and oxygen atoms in total. The van der Waals surface area contributed by atoms with Crippen molar-refractivity contribution in [2.75, 3.05) is 23.3 Å². The average molecular weight is 350 g/mol. The first-order valence-corrected chi connectivity index (χ1v) is 8.54. The Morgan fingerprint density at radius 2 is 1.92 bits per heavy atom. The van der Waals surface area contributed by atoms with Crippen molar-refractivity contribution in [3.63, 3.8) is 0 Å². The van der Waals surface area contributed by atoms with Gasteiger partial charge in [-0.2, -0.15) is 0 Å². The molecule has 1 aromatic carbocycles. The van der Waals surface area contributed by atoms with Crippen LogP contribution in [0.25, 0.3) is 10.9 Å². The molecule has 0 unspecified atom stereocenters. The Labute approximate surface area is 149 Å². The zero-order valence-corrected chi connectivity index (χ0v) is 14.1. The summed E-state index contributed by atoms with van der Waals surface area (Å²) in [5, 5.41) is 11.0. The second-order valence-electron chi connectivity index (χ2n) is 6.22. The minimum atomic E-state index is -0.354. The molecule has 1 saturated heterocycles. The average Bonchev–Trinajstić information content (AvgIpc) is 3.20. The highest BCUT2D eigenvalue weighted by Gasteiger charge is 2.14. The molecule has 26 heavy (non-hydrogen) atoms. The normalized spacial score (nSPS) is 13.9. The third-order valence-corrected chi connectivity index (χ3v) is 4.38. The Morgan fingerprint density at radius 3 is 2.69 bits per heavy atom. The van der Waals surface area contributed by atoms with Crippen molar-refractivity contribution in [1.29, 1.82) is 0 Å². The van der Waals surface area contributed by atoms with Crippen LogP contribution in [0.15, 0.2) is 47.4 Å². The van der Waals surface area contributed by atoms with E-state index in [-0.39, 0.29) is 18.0 Å². The number of nitrogens with one attached hydrogen (secondary N) is 1. The lowest BCUT2D eigenvalue weighted by Crippen LogP contribution is -2.30. The van der Waals surface area contributed by atoms with Crippen molar-refractivity contribution < 1.29 is 4.79 Å². The molecule has 1 aliphatic heterocycles. The molecule has 0 bridgehead atoms. The van der Waals surface area contributed by atoms with Crippen LogP contribution >= 0.6 is 0 Å². The Bertz CT molecular complexity index is 992. The van der Waals surface area contributed by atoms with Gasteiger partial charge in [-0.05, 0) is 37.1 Å². The number of fused-ring (bicyclic) bond motifs is 1. The Hall–Kier alpha value is -3.29. The van der Waals surface area contributed by atoms with Gasteiger partial charge in [-0.3, -0.25) is 9.59 Å². The lowest BCUT2D eigenvalue weighted by atomic mass is 10.2. The number of aromatic nitrogens is 4. The van der Waals surface area contributed by atoms with E-state index in [1.165, 1.54) is 12.8 Å². The maximum atomic E-state index is 12.4. The summed E-state index contributed by atoms with van der Waals surface area (Å²) in [6.45, 7) is 1.83. The highest BCUT2D eigenvalue weighted by Crippen LogP contribution is 2.19. The number of nitrogens with zero attached hydrogens (tertiary/aromatic N) is 5. The Balaban J connectivity index is 1.45. The second kappa shape index (κ2) is 6.91. The molecule has 1 aliphatic rings. The van der Waals surface area contributed by atoms with Crippen molar-refractivity contribution in [2.24, 2.45) is 0 Å². The first kappa shape index (κ1) is 16.2. The number of rotatable bonds is 4. The largest absolute Gasteiger partial charge is 0.357 e. The van der Waals surface area contributed by atoms with Crippen LogP contribution in [0.4, 0.5) is 11.5 Å². The van der Waals surface area contributed by atoms with Crippen LogP contribution < -0.4 is 15.8 Å². The van der Waals surface area contributed by atoms with E-state index < -0.39 is 0 Å². The Morgan fingerprint density at radius 1 is 1.12 bits per heavy atom. The number of hydrogen-bond donors (Lipinski definition) is 1. The summed E-state index contributed by atoms with van der Waals surface area (Å²) >= 11 is 0. The van der Waals surface area contributed by atoms with Crippen LogP contribution in [0.3, 0.4) is 0 Å². The molecule has 0 aliphatic carbocycles. The van der Waals surface area contributed by atoms with Crippen LogP contribution in [0.2, 0.25) is 0 Å². The molecule has 0 saturated carbocycles. The van der Waals surface area contributed by atoms with E-state index in [1.807, 2.05) is 12.1 Å². The van der Waals surface area contributed by atoms with Gasteiger partial charge in [-0.25, -0.2) is 9.67 Å². The molecular weight excluding hydrogens is 332 g/mol. The first-order valence-electron chi connectivity index (χ1n) is 8.54. The van der Waals surface area contributed by atoms with E-state index in [0.717, 1.165) is 23.6 Å². The van der Waals surface area contributed by atoms with E-state index >= 15 is 0 Å². The maximum Gasteiger partial charge on any atom is 0.278 e. The predicted octanol–water partition coefficient (Wildman–Crippen LogP) is 1.43. The summed E-state index contributed by atoms with van der Waals surface area (Å²) in [4.78, 5) is 31.2. The highest BCUT2D eigenvalue weighted by atomic mass is 16.2. The fraction of sp³-hybridized carbons (Fsp3) is 0.278. The van der Waals surface area contributed by atoms with Gasteiger partial charge < -0.3 is 10.2 Å². The van der Waals surface area contributed by atoms with E-state index in [2.05, 4.69) is 25.5 Å². The fourth-order valence-electron chi connectivity index (χ4n) is 3.06. The summed E-state index contributed by atoms with van der Waals surface area (Å²) in [5.41, 5.74) is 0.754. The van der Waals surface area contributed by atoms with Crippen LogP contribution in [0.5, 0.6) is 0 Å². The topological polar surface area (TPSA) is 93.0 Å². The number of pyridine rings is 1. The van der Waals surface area contributed by atoms with Gasteiger partial charge in [0.1, 0.15) is 17.9 Å². The third-order valence-electron chi connectivity index (χ3n) is 4.38. The minimum Gasteiger partial charge on any atom is -0.357 e. The van der Waals surface area contributed by atoms with E-state index in [4.69, 9.17) is 0 Å². The number of carbonyl (C=O) groups is 1. The zero-order valence-electron chi connectivity index (χ0n) is 14.1. The van der Waals surface area contributed by atoms with Crippen molar-refractivity contribution in [1.82, 2.24) is 20.0 Å². The quantitative estimate of drug-likeness (QED) is 0.765. The monoisotopic (exact) mass is 350 g/mol. The van der Waals surface area contributed by atoms with Gasteiger partial charge in [0, 0.05) is 13.1 Å². The smallest absolute Gasteiger partial charge is 0.278 e. The molecule has 0 atom stereocenters. The second-order valence-corrected chi connectivity index (χ2v) is 6.22. The summed E-state index contributed by atoms with van der Waals surface area (Å²) in [7, 11) is 0. The molecule has 8 heteroatoms. The Kier molecular flexibility index (Phi) is 4.30. The zero-order chi connectivity index (χ0) is 17.9. The molecular formula is C18H18N6O2. The molecule has 0 radical (unpaired) electrons. The summed E-state index contributed by atoms with van der Waals surface area (Å²) in [5.74, 6) is 0.560. The van der Waals surface area contributed by atoms with Gasteiger partial charge in [0.05, 0.1) is 17.3 Å². The van der Waals surface area contributed by atoms with E-state index in [9.17, 15) is 9.59 Å². The van der Waals surface area contributed by atoms with Crippen molar-refractivity contribution in [3.05, 3.63) is 52.9 Å².